The van der Waals surface area contributed by atoms with Crippen molar-refractivity contribution in [3.8, 4) is 5.75 Å². The zero-order chi connectivity index (χ0) is 11.8. The van der Waals surface area contributed by atoms with Crippen molar-refractivity contribution in [1.82, 2.24) is 5.32 Å². The minimum absolute atomic E-state index is 0.221. The maximum absolute atomic E-state index is 10.7. The Balaban J connectivity index is 2.29. The molecule has 0 aromatic heterocycles. The van der Waals surface area contributed by atoms with Gasteiger partial charge in [0.25, 0.3) is 0 Å². The first-order chi connectivity index (χ1) is 7.72. The van der Waals surface area contributed by atoms with Crippen LogP contribution in [0.2, 0.25) is 0 Å². The van der Waals surface area contributed by atoms with Gasteiger partial charge in [-0.2, -0.15) is 0 Å². The van der Waals surface area contributed by atoms with Gasteiger partial charge < -0.3 is 10.1 Å². The Labute approximate surface area is 96.8 Å². The summed E-state index contributed by atoms with van der Waals surface area (Å²) < 4.78 is 5.35. The van der Waals surface area contributed by atoms with Crippen LogP contribution >= 0.6 is 0 Å². The summed E-state index contributed by atoms with van der Waals surface area (Å²) in [7, 11) is 0. The quantitative estimate of drug-likeness (QED) is 0.717. The Hall–Kier alpha value is -1.35. The lowest BCUT2D eigenvalue weighted by atomic mass is 10.2. The maximum Gasteiger partial charge on any atom is 0.131 e. The van der Waals surface area contributed by atoms with Crippen molar-refractivity contribution >= 4 is 5.78 Å². The molecule has 0 heterocycles. The Morgan fingerprint density at radius 1 is 1.31 bits per heavy atom. The lowest BCUT2D eigenvalue weighted by Crippen LogP contribution is -2.16. The van der Waals surface area contributed by atoms with Crippen LogP contribution in [0, 0.1) is 0 Å². The summed E-state index contributed by atoms with van der Waals surface area (Å²) in [5, 5.41) is 3.22. The van der Waals surface area contributed by atoms with Gasteiger partial charge in [0.05, 0.1) is 6.61 Å². The molecular formula is C13H19NO2. The average Bonchev–Trinajstić information content (AvgIpc) is 2.27. The zero-order valence-electron chi connectivity index (χ0n) is 9.95. The second-order valence-electron chi connectivity index (χ2n) is 3.71. The van der Waals surface area contributed by atoms with Gasteiger partial charge in [0, 0.05) is 19.5 Å². The van der Waals surface area contributed by atoms with Gasteiger partial charge in [0.15, 0.2) is 0 Å². The van der Waals surface area contributed by atoms with E-state index in [4.69, 9.17) is 4.74 Å². The lowest BCUT2D eigenvalue weighted by Gasteiger charge is -2.06. The van der Waals surface area contributed by atoms with E-state index in [1.807, 2.05) is 31.2 Å². The van der Waals surface area contributed by atoms with Crippen LogP contribution in [0.15, 0.2) is 24.3 Å². The van der Waals surface area contributed by atoms with Gasteiger partial charge in [-0.25, -0.2) is 0 Å². The zero-order valence-corrected chi connectivity index (χ0v) is 9.95. The van der Waals surface area contributed by atoms with Crippen LogP contribution in [0.5, 0.6) is 5.75 Å². The summed E-state index contributed by atoms with van der Waals surface area (Å²) >= 11 is 0. The molecule has 0 saturated carbocycles. The minimum atomic E-state index is 0.221. The Kier molecular flexibility index (Phi) is 5.57. The summed E-state index contributed by atoms with van der Waals surface area (Å²) in [4.78, 5) is 10.7. The van der Waals surface area contributed by atoms with Gasteiger partial charge in [-0.3, -0.25) is 4.79 Å². The van der Waals surface area contributed by atoms with E-state index < -0.39 is 0 Å². The van der Waals surface area contributed by atoms with E-state index in [0.717, 1.165) is 18.8 Å². The van der Waals surface area contributed by atoms with Crippen molar-refractivity contribution in [2.45, 2.75) is 26.8 Å². The van der Waals surface area contributed by atoms with Crippen LogP contribution in [0.3, 0.4) is 0 Å². The highest BCUT2D eigenvalue weighted by molar-refractivity contribution is 5.75. The standard InChI is InChI=1S/C13H19NO2/c1-3-16-13-6-4-12(5-7-13)10-14-9-8-11(2)15/h4-7,14H,3,8-10H2,1-2H3. The van der Waals surface area contributed by atoms with Crippen molar-refractivity contribution in [2.24, 2.45) is 0 Å². The van der Waals surface area contributed by atoms with Crippen molar-refractivity contribution < 1.29 is 9.53 Å². The highest BCUT2D eigenvalue weighted by atomic mass is 16.5. The fraction of sp³-hybridized carbons (Fsp3) is 0.462. The third-order valence-corrected chi connectivity index (χ3v) is 2.22. The van der Waals surface area contributed by atoms with Crippen LogP contribution in [-0.4, -0.2) is 18.9 Å². The van der Waals surface area contributed by atoms with E-state index in [2.05, 4.69) is 5.32 Å². The minimum Gasteiger partial charge on any atom is -0.494 e. The van der Waals surface area contributed by atoms with E-state index in [1.54, 1.807) is 6.92 Å². The van der Waals surface area contributed by atoms with Crippen molar-refractivity contribution in [3.63, 3.8) is 0 Å². The number of nitrogens with one attached hydrogen (secondary N) is 1. The molecule has 0 aliphatic heterocycles. The van der Waals surface area contributed by atoms with E-state index >= 15 is 0 Å². The molecule has 1 rings (SSSR count). The Morgan fingerprint density at radius 2 is 2.00 bits per heavy atom. The number of hydrogen-bond donors (Lipinski definition) is 1. The molecule has 0 radical (unpaired) electrons. The van der Waals surface area contributed by atoms with Gasteiger partial charge in [0.2, 0.25) is 0 Å². The smallest absolute Gasteiger partial charge is 0.131 e. The van der Waals surface area contributed by atoms with Crippen LogP contribution < -0.4 is 10.1 Å². The molecule has 0 unspecified atom stereocenters. The fourth-order valence-corrected chi connectivity index (χ4v) is 1.37. The van der Waals surface area contributed by atoms with E-state index in [9.17, 15) is 4.79 Å². The molecule has 0 atom stereocenters. The summed E-state index contributed by atoms with van der Waals surface area (Å²) in [5.41, 5.74) is 1.20. The van der Waals surface area contributed by atoms with Crippen molar-refractivity contribution in [2.75, 3.05) is 13.2 Å². The molecule has 0 fully saturated rings. The normalized spacial score (nSPS) is 10.1. The second kappa shape index (κ2) is 7.01. The van der Waals surface area contributed by atoms with Crippen LogP contribution in [0.4, 0.5) is 0 Å². The molecule has 3 nitrogen and oxygen atoms in total. The van der Waals surface area contributed by atoms with Gasteiger partial charge in [0.1, 0.15) is 11.5 Å². The summed E-state index contributed by atoms with van der Waals surface area (Å²) in [6.07, 6.45) is 0.594. The number of ether oxygens (including phenoxy) is 1. The van der Waals surface area contributed by atoms with Crippen LogP contribution in [-0.2, 0) is 11.3 Å². The molecule has 1 aromatic rings. The van der Waals surface area contributed by atoms with Gasteiger partial charge in [-0.05, 0) is 31.5 Å². The molecule has 0 bridgehead atoms. The van der Waals surface area contributed by atoms with Crippen molar-refractivity contribution in [1.29, 1.82) is 0 Å². The fourth-order valence-electron chi connectivity index (χ4n) is 1.37. The lowest BCUT2D eigenvalue weighted by molar-refractivity contribution is -0.116. The predicted octanol–water partition coefficient (Wildman–Crippen LogP) is 2.15. The first-order valence-electron chi connectivity index (χ1n) is 5.64. The number of Topliss-reactive ketones (excluding diaryl/α,β-unsaturated/α-hetero) is 1. The summed E-state index contributed by atoms with van der Waals surface area (Å²) in [5.74, 6) is 1.12. The third-order valence-electron chi connectivity index (χ3n) is 2.22. The van der Waals surface area contributed by atoms with E-state index in [1.165, 1.54) is 5.56 Å². The van der Waals surface area contributed by atoms with E-state index in [-0.39, 0.29) is 5.78 Å². The monoisotopic (exact) mass is 221 g/mol. The average molecular weight is 221 g/mol. The van der Waals surface area contributed by atoms with E-state index in [0.29, 0.717) is 13.0 Å². The summed E-state index contributed by atoms with van der Waals surface area (Å²) in [6.45, 7) is 5.80. The molecule has 0 amide bonds. The Bertz CT molecular complexity index is 319. The topological polar surface area (TPSA) is 38.3 Å². The third kappa shape index (κ3) is 4.94. The molecular weight excluding hydrogens is 202 g/mol. The number of carbonyl (C=O) groups excluding carboxylic acids is 1. The molecule has 0 aliphatic carbocycles. The largest absolute Gasteiger partial charge is 0.494 e. The molecule has 0 saturated heterocycles. The highest BCUT2D eigenvalue weighted by Gasteiger charge is 1.96. The number of ketones is 1. The molecule has 88 valence electrons. The maximum atomic E-state index is 10.7. The van der Waals surface area contributed by atoms with Gasteiger partial charge >= 0.3 is 0 Å². The number of carbonyl (C=O) groups is 1. The first kappa shape index (κ1) is 12.7. The van der Waals surface area contributed by atoms with Gasteiger partial charge in [-0.15, -0.1) is 0 Å². The molecule has 0 spiro atoms. The Morgan fingerprint density at radius 3 is 2.56 bits per heavy atom. The molecule has 1 aromatic carbocycles. The summed E-state index contributed by atoms with van der Waals surface area (Å²) in [6, 6.07) is 7.99. The number of hydrogen-bond acceptors (Lipinski definition) is 3. The number of benzene rings is 1. The SMILES string of the molecule is CCOc1ccc(CNCCC(C)=O)cc1. The highest BCUT2D eigenvalue weighted by Crippen LogP contribution is 2.11. The van der Waals surface area contributed by atoms with Crippen LogP contribution in [0.25, 0.3) is 0 Å². The first-order valence-corrected chi connectivity index (χ1v) is 5.64. The second-order valence-corrected chi connectivity index (χ2v) is 3.71. The molecule has 1 N–H and O–H groups in total. The number of rotatable bonds is 7. The van der Waals surface area contributed by atoms with Crippen LogP contribution in [0.1, 0.15) is 25.8 Å². The predicted molar refractivity (Wildman–Crippen MR) is 64.6 cm³/mol. The molecule has 16 heavy (non-hydrogen) atoms. The van der Waals surface area contributed by atoms with Gasteiger partial charge in [-0.1, -0.05) is 12.1 Å². The molecule has 3 heteroatoms. The molecule has 0 aliphatic rings. The van der Waals surface area contributed by atoms with Crippen molar-refractivity contribution in [3.05, 3.63) is 29.8 Å².